The van der Waals surface area contributed by atoms with Gasteiger partial charge in [0.25, 0.3) is 0 Å². The maximum absolute atomic E-state index is 13.2. The van der Waals surface area contributed by atoms with Gasteiger partial charge in [-0.05, 0) is 38.0 Å². The Morgan fingerprint density at radius 3 is 2.68 bits per heavy atom. The summed E-state index contributed by atoms with van der Waals surface area (Å²) in [6, 6.07) is 4.39. The molecule has 0 aliphatic carbocycles. The molecule has 0 saturated carbocycles. The van der Waals surface area contributed by atoms with Crippen LogP contribution in [0.25, 0.3) is 0 Å². The molecule has 1 aromatic rings. The van der Waals surface area contributed by atoms with Crippen LogP contribution in [0.5, 0.6) is 0 Å². The second-order valence-electron chi connectivity index (χ2n) is 4.96. The van der Waals surface area contributed by atoms with E-state index in [9.17, 15) is 9.50 Å². The first kappa shape index (κ1) is 16.0. The lowest BCUT2D eigenvalue weighted by Crippen LogP contribution is -2.21. The standard InChI is InChI=1S/C16H20ClFO/c1-3-4-5-6-10-16(2,19)11-9-13-7-8-14(17)15(18)12-13/h7-8,12,19H,3-6,10H2,1-2H3. The molecule has 0 aliphatic heterocycles. The van der Waals surface area contributed by atoms with Crippen LogP contribution in [0.3, 0.4) is 0 Å². The number of unbranched alkanes of at least 4 members (excludes halogenated alkanes) is 3. The molecule has 1 rings (SSSR count). The average molecular weight is 283 g/mol. The predicted molar refractivity (Wildman–Crippen MR) is 77.7 cm³/mol. The van der Waals surface area contributed by atoms with Crippen LogP contribution in [-0.4, -0.2) is 10.7 Å². The monoisotopic (exact) mass is 282 g/mol. The second kappa shape index (κ2) is 7.53. The maximum atomic E-state index is 13.2. The molecule has 3 heteroatoms. The summed E-state index contributed by atoms with van der Waals surface area (Å²) in [5, 5.41) is 10.2. The number of rotatable bonds is 5. The predicted octanol–water partition coefficient (Wildman–Crippen LogP) is 4.55. The van der Waals surface area contributed by atoms with E-state index in [1.165, 1.54) is 18.6 Å². The van der Waals surface area contributed by atoms with Crippen molar-refractivity contribution in [3.8, 4) is 11.8 Å². The molecule has 0 bridgehead atoms. The lowest BCUT2D eigenvalue weighted by Gasteiger charge is -2.15. The van der Waals surface area contributed by atoms with Gasteiger partial charge in [-0.2, -0.15) is 0 Å². The highest BCUT2D eigenvalue weighted by molar-refractivity contribution is 6.30. The van der Waals surface area contributed by atoms with E-state index < -0.39 is 11.4 Å². The van der Waals surface area contributed by atoms with Gasteiger partial charge in [0, 0.05) is 5.56 Å². The Morgan fingerprint density at radius 2 is 2.05 bits per heavy atom. The summed E-state index contributed by atoms with van der Waals surface area (Å²) in [6.45, 7) is 3.84. The molecule has 1 atom stereocenters. The van der Waals surface area contributed by atoms with Gasteiger partial charge in [-0.3, -0.25) is 0 Å². The zero-order valence-corrected chi connectivity index (χ0v) is 12.2. The molecular weight excluding hydrogens is 263 g/mol. The van der Waals surface area contributed by atoms with Crippen LogP contribution >= 0.6 is 11.6 Å². The first-order chi connectivity index (χ1) is 8.94. The molecule has 0 amide bonds. The molecule has 0 heterocycles. The summed E-state index contributed by atoms with van der Waals surface area (Å²) < 4.78 is 13.2. The van der Waals surface area contributed by atoms with Crippen LogP contribution in [0.15, 0.2) is 18.2 Å². The molecule has 1 nitrogen and oxygen atoms in total. The van der Waals surface area contributed by atoms with E-state index in [1.54, 1.807) is 13.0 Å². The second-order valence-corrected chi connectivity index (χ2v) is 5.37. The van der Waals surface area contributed by atoms with Crippen LogP contribution in [0.4, 0.5) is 4.39 Å². The summed E-state index contributed by atoms with van der Waals surface area (Å²) >= 11 is 5.60. The van der Waals surface area contributed by atoms with Gasteiger partial charge in [-0.15, -0.1) is 0 Å². The number of hydrogen-bond donors (Lipinski definition) is 1. The highest BCUT2D eigenvalue weighted by Gasteiger charge is 2.15. The van der Waals surface area contributed by atoms with Crippen LogP contribution in [0.2, 0.25) is 5.02 Å². The molecule has 1 unspecified atom stereocenters. The van der Waals surface area contributed by atoms with E-state index >= 15 is 0 Å². The van der Waals surface area contributed by atoms with Crippen LogP contribution in [0, 0.1) is 17.7 Å². The van der Waals surface area contributed by atoms with Crippen molar-refractivity contribution in [1.82, 2.24) is 0 Å². The minimum absolute atomic E-state index is 0.0804. The molecule has 0 aromatic heterocycles. The third-order valence-corrected chi connectivity index (χ3v) is 3.22. The van der Waals surface area contributed by atoms with Crippen LogP contribution in [0.1, 0.15) is 51.5 Å². The van der Waals surface area contributed by atoms with E-state index in [2.05, 4.69) is 18.8 Å². The van der Waals surface area contributed by atoms with Crippen molar-refractivity contribution < 1.29 is 9.50 Å². The van der Waals surface area contributed by atoms with Gasteiger partial charge in [-0.1, -0.05) is 49.6 Å². The molecule has 19 heavy (non-hydrogen) atoms. The molecule has 104 valence electrons. The average Bonchev–Trinajstić information content (AvgIpc) is 2.36. The minimum Gasteiger partial charge on any atom is -0.378 e. The lowest BCUT2D eigenvalue weighted by atomic mass is 9.98. The van der Waals surface area contributed by atoms with Crippen LogP contribution < -0.4 is 0 Å². The number of halogens is 2. The summed E-state index contributed by atoms with van der Waals surface area (Å²) in [5.74, 6) is 5.10. The van der Waals surface area contributed by atoms with Gasteiger partial charge in [0.05, 0.1) is 5.02 Å². The lowest BCUT2D eigenvalue weighted by molar-refractivity contribution is 0.109. The number of aliphatic hydroxyl groups is 1. The first-order valence-electron chi connectivity index (χ1n) is 6.65. The highest BCUT2D eigenvalue weighted by atomic mass is 35.5. The Labute approximate surface area is 119 Å². The van der Waals surface area contributed by atoms with E-state index in [0.29, 0.717) is 12.0 Å². The summed E-state index contributed by atoms with van der Waals surface area (Å²) in [5.41, 5.74) is -0.500. The van der Waals surface area contributed by atoms with Crippen molar-refractivity contribution in [3.63, 3.8) is 0 Å². The van der Waals surface area contributed by atoms with E-state index in [4.69, 9.17) is 11.6 Å². The Kier molecular flexibility index (Phi) is 6.34. The topological polar surface area (TPSA) is 20.2 Å². The SMILES string of the molecule is CCCCCCC(C)(O)C#Cc1ccc(Cl)c(F)c1. The maximum Gasteiger partial charge on any atom is 0.143 e. The van der Waals surface area contributed by atoms with Gasteiger partial charge in [0.2, 0.25) is 0 Å². The van der Waals surface area contributed by atoms with E-state index in [1.807, 2.05) is 0 Å². The van der Waals surface area contributed by atoms with E-state index in [0.717, 1.165) is 19.3 Å². The fourth-order valence-corrected chi connectivity index (χ4v) is 1.86. The smallest absolute Gasteiger partial charge is 0.143 e. The van der Waals surface area contributed by atoms with Crippen molar-refractivity contribution >= 4 is 11.6 Å². The molecule has 0 aliphatic rings. The Bertz CT molecular complexity index is 471. The summed E-state index contributed by atoms with van der Waals surface area (Å²) in [4.78, 5) is 0. The van der Waals surface area contributed by atoms with Crippen molar-refractivity contribution in [2.75, 3.05) is 0 Å². The third-order valence-electron chi connectivity index (χ3n) is 2.91. The zero-order valence-electron chi connectivity index (χ0n) is 11.5. The highest BCUT2D eigenvalue weighted by Crippen LogP contribution is 2.17. The normalized spacial score (nSPS) is 13.5. The fourth-order valence-electron chi connectivity index (χ4n) is 1.74. The van der Waals surface area contributed by atoms with Gasteiger partial charge in [-0.25, -0.2) is 4.39 Å². The van der Waals surface area contributed by atoms with Crippen LogP contribution in [-0.2, 0) is 0 Å². The first-order valence-corrected chi connectivity index (χ1v) is 7.03. The van der Waals surface area contributed by atoms with Crippen molar-refractivity contribution in [3.05, 3.63) is 34.6 Å². The molecule has 0 saturated heterocycles. The van der Waals surface area contributed by atoms with Gasteiger partial charge >= 0.3 is 0 Å². The minimum atomic E-state index is -1.02. The van der Waals surface area contributed by atoms with Crippen molar-refractivity contribution in [2.45, 2.75) is 51.6 Å². The third kappa shape index (κ3) is 6.09. The molecule has 0 radical (unpaired) electrons. The number of benzene rings is 1. The molecule has 0 fully saturated rings. The van der Waals surface area contributed by atoms with Gasteiger partial charge in [0.15, 0.2) is 0 Å². The molecule has 0 spiro atoms. The Hall–Kier alpha value is -1.04. The van der Waals surface area contributed by atoms with E-state index in [-0.39, 0.29) is 5.02 Å². The van der Waals surface area contributed by atoms with Gasteiger partial charge in [0.1, 0.15) is 11.4 Å². The molecule has 1 N–H and O–H groups in total. The Morgan fingerprint density at radius 1 is 1.32 bits per heavy atom. The van der Waals surface area contributed by atoms with Crippen molar-refractivity contribution in [1.29, 1.82) is 0 Å². The largest absolute Gasteiger partial charge is 0.378 e. The summed E-state index contributed by atoms with van der Waals surface area (Å²) in [6.07, 6.45) is 5.02. The van der Waals surface area contributed by atoms with Crippen molar-refractivity contribution in [2.24, 2.45) is 0 Å². The van der Waals surface area contributed by atoms with Gasteiger partial charge < -0.3 is 5.11 Å². The summed E-state index contributed by atoms with van der Waals surface area (Å²) in [7, 11) is 0. The Balaban J connectivity index is 2.61. The quantitative estimate of drug-likeness (QED) is 0.620. The zero-order chi connectivity index (χ0) is 14.3. The molecule has 1 aromatic carbocycles. The fraction of sp³-hybridized carbons (Fsp3) is 0.500. The number of hydrogen-bond acceptors (Lipinski definition) is 1. The molecular formula is C16H20ClFO.